The van der Waals surface area contributed by atoms with Crippen molar-refractivity contribution in [2.45, 2.75) is 45.6 Å². The van der Waals surface area contributed by atoms with Gasteiger partial charge in [0.05, 0.1) is 6.42 Å². The van der Waals surface area contributed by atoms with E-state index in [9.17, 15) is 14.7 Å². The van der Waals surface area contributed by atoms with Crippen LogP contribution in [0, 0.1) is 20.8 Å². The zero-order valence-electron chi connectivity index (χ0n) is 12.4. The molecule has 0 saturated heterocycles. The highest BCUT2D eigenvalue weighted by Crippen LogP contribution is 2.46. The summed E-state index contributed by atoms with van der Waals surface area (Å²) in [6, 6.07) is 3.95. The van der Waals surface area contributed by atoms with Gasteiger partial charge in [0.25, 0.3) is 0 Å². The first-order chi connectivity index (χ1) is 9.84. The van der Waals surface area contributed by atoms with Crippen LogP contribution in [0.1, 0.15) is 41.5 Å². The van der Waals surface area contributed by atoms with Gasteiger partial charge in [-0.1, -0.05) is 17.7 Å². The molecule has 1 aliphatic carbocycles. The molecule has 0 bridgehead atoms. The molecule has 0 amide bonds. The van der Waals surface area contributed by atoms with Gasteiger partial charge in [0, 0.05) is 12.8 Å². The highest BCUT2D eigenvalue weighted by Gasteiger charge is 2.53. The summed E-state index contributed by atoms with van der Waals surface area (Å²) in [5.41, 5.74) is 2.78. The van der Waals surface area contributed by atoms with Crippen molar-refractivity contribution in [3.8, 4) is 0 Å². The number of ketones is 1. The molecule has 2 aliphatic rings. The average Bonchev–Trinajstić information content (AvgIpc) is 2.84. The highest BCUT2D eigenvalue weighted by molar-refractivity contribution is 6.20. The Morgan fingerprint density at radius 2 is 1.76 bits per heavy atom. The van der Waals surface area contributed by atoms with Crippen molar-refractivity contribution in [3.63, 3.8) is 0 Å². The molecular weight excluding hydrogens is 268 g/mol. The first kappa shape index (κ1) is 13.9. The minimum Gasteiger partial charge on any atom is -0.507 e. The van der Waals surface area contributed by atoms with Gasteiger partial charge in [-0.05, 0) is 37.5 Å². The predicted molar refractivity (Wildman–Crippen MR) is 77.9 cm³/mol. The third-order valence-corrected chi connectivity index (χ3v) is 4.38. The topological polar surface area (TPSA) is 63.6 Å². The number of carbonyl (C=O) groups is 2. The molecule has 1 saturated carbocycles. The Morgan fingerprint density at radius 3 is 2.29 bits per heavy atom. The standard InChI is InChI=1S/C17H18O4/c1-9-6-10(2)13(11(3)7-9)14-15(19)17(21-16(14)20)5-4-12(18)8-17/h6-7,19H,4-5,8H2,1-3H3. The molecule has 3 rings (SSSR count). The summed E-state index contributed by atoms with van der Waals surface area (Å²) in [5, 5.41) is 10.6. The van der Waals surface area contributed by atoms with E-state index in [4.69, 9.17) is 4.74 Å². The minimum absolute atomic E-state index is 0.0213. The minimum atomic E-state index is -1.12. The molecule has 1 aromatic carbocycles. The monoisotopic (exact) mass is 286 g/mol. The zero-order chi connectivity index (χ0) is 15.4. The van der Waals surface area contributed by atoms with E-state index in [0.717, 1.165) is 22.3 Å². The normalized spacial score (nSPS) is 25.1. The Balaban J connectivity index is 2.18. The fourth-order valence-corrected chi connectivity index (χ4v) is 3.52. The number of hydrogen-bond acceptors (Lipinski definition) is 4. The molecule has 1 unspecified atom stereocenters. The molecule has 4 heteroatoms. The summed E-state index contributed by atoms with van der Waals surface area (Å²) in [7, 11) is 0. The van der Waals surface area contributed by atoms with Gasteiger partial charge in [0.1, 0.15) is 11.4 Å². The van der Waals surface area contributed by atoms with E-state index in [0.29, 0.717) is 12.8 Å². The summed E-state index contributed by atoms with van der Waals surface area (Å²) in [5.74, 6) is -0.585. The number of benzene rings is 1. The summed E-state index contributed by atoms with van der Waals surface area (Å²) < 4.78 is 5.42. The molecule has 1 aliphatic heterocycles. The predicted octanol–water partition coefficient (Wildman–Crippen LogP) is 2.93. The van der Waals surface area contributed by atoms with Crippen molar-refractivity contribution in [1.82, 2.24) is 0 Å². The molecule has 1 N–H and O–H groups in total. The smallest absolute Gasteiger partial charge is 0.343 e. The van der Waals surface area contributed by atoms with Gasteiger partial charge in [-0.3, -0.25) is 4.79 Å². The van der Waals surface area contributed by atoms with E-state index in [1.54, 1.807) is 0 Å². The van der Waals surface area contributed by atoms with Crippen LogP contribution in [0.15, 0.2) is 17.9 Å². The molecular formula is C17H18O4. The zero-order valence-corrected chi connectivity index (χ0v) is 12.4. The van der Waals surface area contributed by atoms with Crippen molar-refractivity contribution < 1.29 is 19.4 Å². The molecule has 1 atom stereocenters. The van der Waals surface area contributed by atoms with Crippen LogP contribution < -0.4 is 0 Å². The number of Topliss-reactive ketones (excluding diaryl/α,β-unsaturated/α-hetero) is 1. The lowest BCUT2D eigenvalue weighted by Crippen LogP contribution is -2.28. The second kappa shape index (κ2) is 4.45. The maximum atomic E-state index is 12.3. The third kappa shape index (κ3) is 1.97. The molecule has 0 radical (unpaired) electrons. The van der Waals surface area contributed by atoms with Crippen molar-refractivity contribution in [2.24, 2.45) is 0 Å². The number of aryl methyl sites for hydroxylation is 3. The van der Waals surface area contributed by atoms with E-state index in [1.807, 2.05) is 32.9 Å². The van der Waals surface area contributed by atoms with Crippen molar-refractivity contribution in [2.75, 3.05) is 0 Å². The Labute approximate surface area is 123 Å². The van der Waals surface area contributed by atoms with E-state index in [-0.39, 0.29) is 23.5 Å². The number of ether oxygens (including phenoxy) is 1. The van der Waals surface area contributed by atoms with Gasteiger partial charge in [-0.15, -0.1) is 0 Å². The van der Waals surface area contributed by atoms with Crippen molar-refractivity contribution in [1.29, 1.82) is 0 Å². The average molecular weight is 286 g/mol. The first-order valence-corrected chi connectivity index (χ1v) is 7.11. The van der Waals surface area contributed by atoms with Gasteiger partial charge in [0.2, 0.25) is 0 Å². The molecule has 21 heavy (non-hydrogen) atoms. The quantitative estimate of drug-likeness (QED) is 0.806. The van der Waals surface area contributed by atoms with Crippen LogP contribution >= 0.6 is 0 Å². The fraction of sp³-hybridized carbons (Fsp3) is 0.412. The van der Waals surface area contributed by atoms with Gasteiger partial charge in [0.15, 0.2) is 11.4 Å². The second-order valence-corrected chi connectivity index (χ2v) is 6.10. The van der Waals surface area contributed by atoms with Crippen LogP contribution in [-0.2, 0) is 14.3 Å². The molecule has 110 valence electrons. The molecule has 1 fully saturated rings. The highest BCUT2D eigenvalue weighted by atomic mass is 16.6. The molecule has 4 nitrogen and oxygen atoms in total. The molecule has 0 aromatic heterocycles. The maximum absolute atomic E-state index is 12.3. The summed E-state index contributed by atoms with van der Waals surface area (Å²) in [6.07, 6.45) is 0.797. The van der Waals surface area contributed by atoms with Crippen molar-refractivity contribution >= 4 is 17.3 Å². The number of esters is 1. The largest absolute Gasteiger partial charge is 0.507 e. The van der Waals surface area contributed by atoms with Crippen LogP contribution in [-0.4, -0.2) is 22.5 Å². The number of hydrogen-bond donors (Lipinski definition) is 1. The van der Waals surface area contributed by atoms with Crippen LogP contribution in [0.2, 0.25) is 0 Å². The Morgan fingerprint density at radius 1 is 1.14 bits per heavy atom. The SMILES string of the molecule is Cc1cc(C)c(C2=C(O)C3(CCC(=O)C3)OC2=O)c(C)c1. The second-order valence-electron chi connectivity index (χ2n) is 6.10. The van der Waals surface area contributed by atoms with Gasteiger partial charge >= 0.3 is 5.97 Å². The van der Waals surface area contributed by atoms with Crippen LogP contribution in [0.5, 0.6) is 0 Å². The number of carbonyl (C=O) groups excluding carboxylic acids is 2. The molecule has 1 heterocycles. The number of aliphatic hydroxyl groups excluding tert-OH is 1. The van der Waals surface area contributed by atoms with Gasteiger partial charge < -0.3 is 9.84 Å². The molecule has 1 spiro atoms. The van der Waals surface area contributed by atoms with E-state index in [2.05, 4.69) is 0 Å². The summed E-state index contributed by atoms with van der Waals surface area (Å²) in [6.45, 7) is 5.81. The van der Waals surface area contributed by atoms with E-state index in [1.165, 1.54) is 0 Å². The molecule has 1 aromatic rings. The van der Waals surface area contributed by atoms with E-state index >= 15 is 0 Å². The summed E-state index contributed by atoms with van der Waals surface area (Å²) in [4.78, 5) is 23.8. The third-order valence-electron chi connectivity index (χ3n) is 4.38. The Hall–Kier alpha value is -2.10. The maximum Gasteiger partial charge on any atom is 0.343 e. The van der Waals surface area contributed by atoms with Crippen LogP contribution in [0.3, 0.4) is 0 Å². The Bertz CT molecular complexity index is 676. The van der Waals surface area contributed by atoms with E-state index < -0.39 is 11.6 Å². The van der Waals surface area contributed by atoms with Crippen LogP contribution in [0.25, 0.3) is 5.57 Å². The van der Waals surface area contributed by atoms with Crippen LogP contribution in [0.4, 0.5) is 0 Å². The first-order valence-electron chi connectivity index (χ1n) is 7.11. The summed E-state index contributed by atoms with van der Waals surface area (Å²) >= 11 is 0. The Kier molecular flexibility index (Phi) is 2.94. The van der Waals surface area contributed by atoms with Gasteiger partial charge in [-0.25, -0.2) is 4.79 Å². The lowest BCUT2D eigenvalue weighted by molar-refractivity contribution is -0.146. The lowest BCUT2D eigenvalue weighted by Gasteiger charge is -2.20. The van der Waals surface area contributed by atoms with Gasteiger partial charge in [-0.2, -0.15) is 0 Å². The fourth-order valence-electron chi connectivity index (χ4n) is 3.52. The number of aliphatic hydroxyl groups is 1. The number of rotatable bonds is 1. The van der Waals surface area contributed by atoms with Crippen molar-refractivity contribution in [3.05, 3.63) is 40.1 Å². The lowest BCUT2D eigenvalue weighted by atomic mass is 9.90.